The second-order valence-electron chi connectivity index (χ2n) is 6.22. The molecule has 0 aromatic heterocycles. The maximum atomic E-state index is 10.8. The fourth-order valence-corrected chi connectivity index (χ4v) is 2.44. The normalized spacial score (nSPS) is 19.5. The number of ether oxygens (including phenoxy) is 4. The minimum atomic E-state index is -0.436. The van der Waals surface area contributed by atoms with Crippen LogP contribution in [0, 0.1) is 0 Å². The van der Waals surface area contributed by atoms with E-state index in [0.29, 0.717) is 19.8 Å². The number of hydrogen-bond donors (Lipinski definition) is 0. The second kappa shape index (κ2) is 8.31. The molecule has 1 aromatic carbocycles. The topological polar surface area (TPSA) is 54.0 Å². The quantitative estimate of drug-likeness (QED) is 0.542. The van der Waals surface area contributed by atoms with Crippen molar-refractivity contribution in [3.8, 4) is 5.75 Å². The Balaban J connectivity index is 1.58. The minimum Gasteiger partial charge on any atom is -0.494 e. The van der Waals surface area contributed by atoms with Gasteiger partial charge in [0.2, 0.25) is 0 Å². The van der Waals surface area contributed by atoms with Crippen LogP contribution in [0.4, 0.5) is 0 Å². The Bertz CT molecular complexity index is 495. The summed E-state index contributed by atoms with van der Waals surface area (Å²) in [6.45, 7) is 6.96. The van der Waals surface area contributed by atoms with Crippen molar-refractivity contribution < 1.29 is 23.7 Å². The van der Waals surface area contributed by atoms with E-state index in [9.17, 15) is 4.79 Å². The molecule has 0 spiro atoms. The van der Waals surface area contributed by atoms with Gasteiger partial charge in [-0.1, -0.05) is 12.1 Å². The highest BCUT2D eigenvalue weighted by atomic mass is 16.7. The molecule has 0 aliphatic carbocycles. The molecule has 23 heavy (non-hydrogen) atoms. The van der Waals surface area contributed by atoms with Gasteiger partial charge in [0, 0.05) is 6.92 Å². The van der Waals surface area contributed by atoms with E-state index in [4.69, 9.17) is 18.9 Å². The standard InChI is InChI=1S/C18H26O5/c1-14(19)21-12-15-7-9-16(10-8-15)20-11-5-4-6-17-13-22-18(2,3)23-17/h7-10,17H,4-6,11-13H2,1-3H3. The molecular formula is C18H26O5. The molecule has 1 unspecified atom stereocenters. The lowest BCUT2D eigenvalue weighted by Gasteiger charge is -2.17. The molecule has 5 nitrogen and oxygen atoms in total. The molecule has 0 bridgehead atoms. The molecule has 0 N–H and O–H groups in total. The molecule has 2 rings (SSSR count). The van der Waals surface area contributed by atoms with Gasteiger partial charge < -0.3 is 18.9 Å². The van der Waals surface area contributed by atoms with E-state index in [1.165, 1.54) is 6.92 Å². The average Bonchev–Trinajstić information content (AvgIpc) is 2.85. The zero-order valence-electron chi connectivity index (χ0n) is 14.2. The SMILES string of the molecule is CC(=O)OCc1ccc(OCCCCC2COC(C)(C)O2)cc1. The highest BCUT2D eigenvalue weighted by Crippen LogP contribution is 2.25. The van der Waals surface area contributed by atoms with Crippen LogP contribution in [0.3, 0.4) is 0 Å². The van der Waals surface area contributed by atoms with Crippen LogP contribution in [-0.2, 0) is 25.6 Å². The molecule has 5 heteroatoms. The summed E-state index contributed by atoms with van der Waals surface area (Å²) in [5.41, 5.74) is 0.952. The Morgan fingerprint density at radius 2 is 2.00 bits per heavy atom. The number of rotatable bonds is 8. The molecule has 1 heterocycles. The van der Waals surface area contributed by atoms with E-state index in [-0.39, 0.29) is 12.1 Å². The van der Waals surface area contributed by atoms with Gasteiger partial charge in [-0.05, 0) is 50.8 Å². The Kier molecular flexibility index (Phi) is 6.42. The lowest BCUT2D eigenvalue weighted by atomic mass is 10.1. The molecule has 1 saturated heterocycles. The summed E-state index contributed by atoms with van der Waals surface area (Å²) in [6, 6.07) is 7.61. The van der Waals surface area contributed by atoms with Crippen molar-refractivity contribution in [3.63, 3.8) is 0 Å². The fraction of sp³-hybridized carbons (Fsp3) is 0.611. The molecule has 0 radical (unpaired) electrons. The summed E-state index contributed by atoms with van der Waals surface area (Å²) in [5.74, 6) is 0.123. The predicted octanol–water partition coefficient (Wildman–Crippen LogP) is 3.45. The van der Waals surface area contributed by atoms with E-state index in [2.05, 4.69) is 0 Å². The molecule has 1 atom stereocenters. The number of carbonyl (C=O) groups is 1. The minimum absolute atomic E-state index is 0.200. The number of hydrogen-bond acceptors (Lipinski definition) is 5. The van der Waals surface area contributed by atoms with Gasteiger partial charge >= 0.3 is 5.97 Å². The number of benzene rings is 1. The summed E-state index contributed by atoms with van der Waals surface area (Å²) in [6.07, 6.45) is 3.23. The van der Waals surface area contributed by atoms with Gasteiger partial charge in [-0.3, -0.25) is 4.79 Å². The van der Waals surface area contributed by atoms with Crippen molar-refractivity contribution in [1.29, 1.82) is 0 Å². The molecule has 1 aliphatic heterocycles. The highest BCUT2D eigenvalue weighted by Gasteiger charge is 2.31. The molecule has 1 aromatic rings. The van der Waals surface area contributed by atoms with Crippen molar-refractivity contribution in [2.75, 3.05) is 13.2 Å². The van der Waals surface area contributed by atoms with Crippen LogP contribution in [-0.4, -0.2) is 31.1 Å². The number of unbranched alkanes of at least 4 members (excludes halogenated alkanes) is 1. The van der Waals surface area contributed by atoms with Crippen LogP contribution in [0.15, 0.2) is 24.3 Å². The first-order valence-electron chi connectivity index (χ1n) is 8.11. The summed E-state index contributed by atoms with van der Waals surface area (Å²) in [7, 11) is 0. The lowest BCUT2D eigenvalue weighted by molar-refractivity contribution is -0.142. The van der Waals surface area contributed by atoms with Gasteiger partial charge in [0.1, 0.15) is 12.4 Å². The van der Waals surface area contributed by atoms with E-state index >= 15 is 0 Å². The summed E-state index contributed by atoms with van der Waals surface area (Å²) in [5, 5.41) is 0. The zero-order valence-corrected chi connectivity index (χ0v) is 14.2. The fourth-order valence-electron chi connectivity index (χ4n) is 2.44. The van der Waals surface area contributed by atoms with Crippen LogP contribution in [0.5, 0.6) is 5.75 Å². The van der Waals surface area contributed by atoms with Gasteiger partial charge in [-0.25, -0.2) is 0 Å². The van der Waals surface area contributed by atoms with Gasteiger partial charge in [-0.15, -0.1) is 0 Å². The van der Waals surface area contributed by atoms with E-state index in [1.54, 1.807) is 0 Å². The Morgan fingerprint density at radius 3 is 2.61 bits per heavy atom. The molecule has 1 aliphatic rings. The van der Waals surface area contributed by atoms with Crippen LogP contribution in [0.25, 0.3) is 0 Å². The molecule has 1 fully saturated rings. The second-order valence-corrected chi connectivity index (χ2v) is 6.22. The van der Waals surface area contributed by atoms with Gasteiger partial charge in [0.15, 0.2) is 5.79 Å². The van der Waals surface area contributed by atoms with Gasteiger partial charge in [-0.2, -0.15) is 0 Å². The summed E-state index contributed by atoms with van der Waals surface area (Å²) >= 11 is 0. The van der Waals surface area contributed by atoms with Crippen molar-refractivity contribution in [2.45, 2.75) is 58.5 Å². The maximum absolute atomic E-state index is 10.8. The first-order valence-corrected chi connectivity index (χ1v) is 8.11. The Morgan fingerprint density at radius 1 is 1.26 bits per heavy atom. The van der Waals surface area contributed by atoms with Crippen molar-refractivity contribution >= 4 is 5.97 Å². The Labute approximate surface area is 137 Å². The van der Waals surface area contributed by atoms with Crippen LogP contribution >= 0.6 is 0 Å². The van der Waals surface area contributed by atoms with E-state index < -0.39 is 5.79 Å². The smallest absolute Gasteiger partial charge is 0.302 e. The van der Waals surface area contributed by atoms with E-state index in [0.717, 1.165) is 30.6 Å². The molecular weight excluding hydrogens is 296 g/mol. The summed E-state index contributed by atoms with van der Waals surface area (Å²) < 4.78 is 22.0. The van der Waals surface area contributed by atoms with Crippen molar-refractivity contribution in [1.82, 2.24) is 0 Å². The lowest BCUT2D eigenvalue weighted by Crippen LogP contribution is -2.21. The van der Waals surface area contributed by atoms with Crippen LogP contribution in [0.2, 0.25) is 0 Å². The predicted molar refractivity (Wildman–Crippen MR) is 86.2 cm³/mol. The third-order valence-corrected chi connectivity index (χ3v) is 3.62. The Hall–Kier alpha value is -1.59. The third-order valence-electron chi connectivity index (χ3n) is 3.62. The van der Waals surface area contributed by atoms with Crippen molar-refractivity contribution in [2.24, 2.45) is 0 Å². The first-order chi connectivity index (χ1) is 10.9. The molecule has 128 valence electrons. The van der Waals surface area contributed by atoms with Gasteiger partial charge in [0.25, 0.3) is 0 Å². The van der Waals surface area contributed by atoms with Gasteiger partial charge in [0.05, 0.1) is 19.3 Å². The average molecular weight is 322 g/mol. The number of carbonyl (C=O) groups excluding carboxylic acids is 1. The first kappa shape index (κ1) is 17.8. The zero-order chi connectivity index (χ0) is 16.7. The van der Waals surface area contributed by atoms with Crippen LogP contribution < -0.4 is 4.74 Å². The molecule has 0 saturated carbocycles. The largest absolute Gasteiger partial charge is 0.494 e. The van der Waals surface area contributed by atoms with Crippen LogP contribution in [0.1, 0.15) is 45.6 Å². The third kappa shape index (κ3) is 6.59. The maximum Gasteiger partial charge on any atom is 0.302 e. The van der Waals surface area contributed by atoms with E-state index in [1.807, 2.05) is 38.1 Å². The number of esters is 1. The molecule has 0 amide bonds. The monoisotopic (exact) mass is 322 g/mol. The summed E-state index contributed by atoms with van der Waals surface area (Å²) in [4.78, 5) is 10.8. The van der Waals surface area contributed by atoms with Crippen molar-refractivity contribution in [3.05, 3.63) is 29.8 Å². The highest BCUT2D eigenvalue weighted by molar-refractivity contribution is 5.65.